The van der Waals surface area contributed by atoms with Crippen LogP contribution in [-0.4, -0.2) is 12.6 Å². The summed E-state index contributed by atoms with van der Waals surface area (Å²) in [7, 11) is 0. The van der Waals surface area contributed by atoms with E-state index in [4.69, 9.17) is 0 Å². The van der Waals surface area contributed by atoms with E-state index in [-0.39, 0.29) is 0 Å². The van der Waals surface area contributed by atoms with E-state index in [1.165, 1.54) is 70.8 Å². The first kappa shape index (κ1) is 20.2. The summed E-state index contributed by atoms with van der Waals surface area (Å²) in [6.07, 6.45) is 16.4. The molecule has 0 aromatic carbocycles. The molecule has 1 saturated heterocycles. The molecule has 1 aliphatic heterocycles. The Morgan fingerprint density at radius 3 is 2.41 bits per heavy atom. The number of nitrogens with one attached hydrogen (secondary N) is 1. The average molecular weight is 374 g/mol. The molecule has 1 heterocycles. The maximum Gasteiger partial charge on any atom is 0.0124 e. The molecule has 3 saturated carbocycles. The van der Waals surface area contributed by atoms with Gasteiger partial charge in [0, 0.05) is 6.04 Å². The molecule has 4 fully saturated rings. The Hall–Kier alpha value is -0.0400. The largest absolute Gasteiger partial charge is 0.313 e. The third kappa shape index (κ3) is 3.43. The van der Waals surface area contributed by atoms with Crippen molar-refractivity contribution >= 4 is 0 Å². The van der Waals surface area contributed by atoms with Crippen LogP contribution in [-0.2, 0) is 0 Å². The van der Waals surface area contributed by atoms with Gasteiger partial charge in [0.1, 0.15) is 0 Å². The molecule has 5 unspecified atom stereocenters. The molecule has 0 spiro atoms. The number of hydrogen-bond acceptors (Lipinski definition) is 1. The van der Waals surface area contributed by atoms with E-state index in [2.05, 4.69) is 39.9 Å². The van der Waals surface area contributed by atoms with Crippen LogP contribution in [0.15, 0.2) is 0 Å². The zero-order valence-electron chi connectivity index (χ0n) is 19.0. The summed E-state index contributed by atoms with van der Waals surface area (Å²) in [5.41, 5.74) is 1.26. The summed E-state index contributed by atoms with van der Waals surface area (Å²) in [5.74, 6) is 5.91. The Balaban J connectivity index is 1.46. The molecule has 1 N–H and O–H groups in total. The van der Waals surface area contributed by atoms with Crippen LogP contribution < -0.4 is 5.32 Å². The molecule has 0 radical (unpaired) electrons. The maximum absolute atomic E-state index is 3.92. The van der Waals surface area contributed by atoms with Crippen molar-refractivity contribution in [2.45, 2.75) is 111 Å². The van der Waals surface area contributed by atoms with Crippen LogP contribution in [0.2, 0.25) is 0 Å². The molecular formula is C26H47N. The molecule has 3 aliphatic carbocycles. The van der Waals surface area contributed by atoms with Crippen LogP contribution in [0.4, 0.5) is 0 Å². The minimum atomic E-state index is 0.601. The van der Waals surface area contributed by atoms with E-state index < -0.39 is 0 Å². The van der Waals surface area contributed by atoms with Gasteiger partial charge in [0.15, 0.2) is 0 Å². The zero-order valence-corrected chi connectivity index (χ0v) is 19.0. The van der Waals surface area contributed by atoms with Crippen molar-refractivity contribution in [2.75, 3.05) is 6.54 Å². The van der Waals surface area contributed by atoms with Crippen molar-refractivity contribution in [3.8, 4) is 0 Å². The molecule has 1 heteroatoms. The Kier molecular flexibility index (Phi) is 5.74. The molecule has 4 rings (SSSR count). The van der Waals surface area contributed by atoms with Gasteiger partial charge in [0.2, 0.25) is 0 Å². The summed E-state index contributed by atoms with van der Waals surface area (Å²) < 4.78 is 0. The van der Waals surface area contributed by atoms with Gasteiger partial charge in [-0.3, -0.25) is 0 Å². The molecule has 0 amide bonds. The molecular weight excluding hydrogens is 326 g/mol. The molecule has 0 aromatic rings. The standard InChI is InChI=1S/C26H47N/c1-18(2)8-6-9-19(3)21-11-12-22-20-10-13-24-26(5,15-7-17-27-24)23(20)14-16-25(21,22)4/h18-24,27H,6-17H2,1-5H3/t19-,20?,21-,22?,23?,24?,25-,26?/m1/s1. The van der Waals surface area contributed by atoms with Crippen LogP contribution in [0.25, 0.3) is 0 Å². The van der Waals surface area contributed by atoms with Gasteiger partial charge in [-0.25, -0.2) is 0 Å². The lowest BCUT2D eigenvalue weighted by Crippen LogP contribution is -2.59. The van der Waals surface area contributed by atoms with Crippen LogP contribution in [0, 0.1) is 46.3 Å². The molecule has 1 nitrogen and oxygen atoms in total. The third-order valence-electron chi connectivity index (χ3n) is 10.4. The van der Waals surface area contributed by atoms with Gasteiger partial charge in [0.05, 0.1) is 0 Å². The Bertz CT molecular complexity index is 512. The highest BCUT2D eigenvalue weighted by Crippen LogP contribution is 2.66. The molecule has 4 aliphatic rings. The SMILES string of the molecule is CC(C)CCC[C@@H](C)[C@H]1CCC2C3CCC4NCCCC4(C)C3CC[C@@]21C. The van der Waals surface area contributed by atoms with Crippen molar-refractivity contribution in [3.63, 3.8) is 0 Å². The fraction of sp³-hybridized carbons (Fsp3) is 1.00. The molecule has 0 bridgehead atoms. The quantitative estimate of drug-likeness (QED) is 0.544. The fourth-order valence-electron chi connectivity index (χ4n) is 8.92. The maximum atomic E-state index is 3.92. The molecule has 156 valence electrons. The van der Waals surface area contributed by atoms with Crippen molar-refractivity contribution in [2.24, 2.45) is 46.3 Å². The first-order valence-electron chi connectivity index (χ1n) is 12.6. The van der Waals surface area contributed by atoms with Gasteiger partial charge in [0.25, 0.3) is 0 Å². The first-order valence-corrected chi connectivity index (χ1v) is 12.6. The minimum absolute atomic E-state index is 0.601. The normalized spacial score (nSPS) is 48.0. The van der Waals surface area contributed by atoms with E-state index in [1.54, 1.807) is 6.42 Å². The highest BCUT2D eigenvalue weighted by atomic mass is 15.0. The van der Waals surface area contributed by atoms with Crippen LogP contribution in [0.1, 0.15) is 105 Å². The van der Waals surface area contributed by atoms with Gasteiger partial charge in [-0.1, -0.05) is 53.9 Å². The van der Waals surface area contributed by atoms with Crippen LogP contribution in [0.5, 0.6) is 0 Å². The predicted molar refractivity (Wildman–Crippen MR) is 117 cm³/mol. The van der Waals surface area contributed by atoms with Gasteiger partial charge in [-0.2, -0.15) is 0 Å². The number of rotatable bonds is 5. The summed E-state index contributed by atoms with van der Waals surface area (Å²) in [5, 5.41) is 3.92. The lowest BCUT2D eigenvalue weighted by atomic mass is 9.46. The number of piperidine rings is 1. The second-order valence-corrected chi connectivity index (χ2v) is 12.1. The lowest BCUT2D eigenvalue weighted by Gasteiger charge is -2.60. The summed E-state index contributed by atoms with van der Waals surface area (Å²) >= 11 is 0. The van der Waals surface area contributed by atoms with E-state index in [0.29, 0.717) is 10.8 Å². The van der Waals surface area contributed by atoms with E-state index in [0.717, 1.165) is 41.5 Å². The smallest absolute Gasteiger partial charge is 0.0124 e. The van der Waals surface area contributed by atoms with Crippen molar-refractivity contribution in [1.29, 1.82) is 0 Å². The lowest BCUT2D eigenvalue weighted by molar-refractivity contribution is -0.0984. The van der Waals surface area contributed by atoms with Crippen molar-refractivity contribution in [3.05, 3.63) is 0 Å². The van der Waals surface area contributed by atoms with E-state index in [9.17, 15) is 0 Å². The first-order chi connectivity index (χ1) is 12.9. The predicted octanol–water partition coefficient (Wildman–Crippen LogP) is 7.06. The minimum Gasteiger partial charge on any atom is -0.313 e. The monoisotopic (exact) mass is 373 g/mol. The summed E-state index contributed by atoms with van der Waals surface area (Å²) in [4.78, 5) is 0. The van der Waals surface area contributed by atoms with E-state index >= 15 is 0 Å². The van der Waals surface area contributed by atoms with Crippen molar-refractivity contribution < 1.29 is 0 Å². The van der Waals surface area contributed by atoms with Gasteiger partial charge >= 0.3 is 0 Å². The Labute approximate surface area is 169 Å². The Morgan fingerprint density at radius 1 is 0.852 bits per heavy atom. The zero-order chi connectivity index (χ0) is 19.2. The fourth-order valence-corrected chi connectivity index (χ4v) is 8.92. The van der Waals surface area contributed by atoms with Gasteiger partial charge in [-0.15, -0.1) is 0 Å². The summed E-state index contributed by atoms with van der Waals surface area (Å²) in [6.45, 7) is 14.1. The van der Waals surface area contributed by atoms with Crippen LogP contribution in [0.3, 0.4) is 0 Å². The summed E-state index contributed by atoms with van der Waals surface area (Å²) in [6, 6.07) is 0.823. The van der Waals surface area contributed by atoms with Gasteiger partial charge in [-0.05, 0) is 104 Å². The second kappa shape index (κ2) is 7.66. The third-order valence-corrected chi connectivity index (χ3v) is 10.4. The topological polar surface area (TPSA) is 12.0 Å². The Morgan fingerprint density at radius 2 is 1.63 bits per heavy atom. The molecule has 8 atom stereocenters. The van der Waals surface area contributed by atoms with Gasteiger partial charge < -0.3 is 5.32 Å². The highest BCUT2D eigenvalue weighted by Gasteiger charge is 2.60. The number of fused-ring (bicyclic) bond motifs is 5. The second-order valence-electron chi connectivity index (χ2n) is 12.1. The average Bonchev–Trinajstić information content (AvgIpc) is 2.98. The molecule has 0 aromatic heterocycles. The van der Waals surface area contributed by atoms with Crippen molar-refractivity contribution in [1.82, 2.24) is 5.32 Å². The van der Waals surface area contributed by atoms with E-state index in [1.807, 2.05) is 0 Å². The van der Waals surface area contributed by atoms with Crippen LogP contribution >= 0.6 is 0 Å². The highest BCUT2D eigenvalue weighted by molar-refractivity contribution is 5.10. The number of hydrogen-bond donors (Lipinski definition) is 1. The molecule has 27 heavy (non-hydrogen) atoms.